The van der Waals surface area contributed by atoms with Crippen LogP contribution in [0.15, 0.2) is 41.3 Å². The van der Waals surface area contributed by atoms with Crippen LogP contribution in [-0.4, -0.2) is 43.8 Å². The topological polar surface area (TPSA) is 92.8 Å². The summed E-state index contributed by atoms with van der Waals surface area (Å²) >= 11 is 0. The van der Waals surface area contributed by atoms with Gasteiger partial charge in [0.2, 0.25) is 10.0 Å². The second-order valence-corrected chi connectivity index (χ2v) is 9.51. The Morgan fingerprint density at radius 1 is 1.06 bits per heavy atom. The van der Waals surface area contributed by atoms with Crippen molar-refractivity contribution in [3.63, 3.8) is 0 Å². The van der Waals surface area contributed by atoms with Gasteiger partial charge in [-0.2, -0.15) is 4.31 Å². The van der Waals surface area contributed by atoms with Gasteiger partial charge in [-0.1, -0.05) is 12.5 Å². The Bertz CT molecular complexity index is 1130. The van der Waals surface area contributed by atoms with Crippen LogP contribution in [0.2, 0.25) is 0 Å². The zero-order valence-electron chi connectivity index (χ0n) is 17.7. The number of sulfonamides is 1. The number of carbonyl (C=O) groups is 2. The Kier molecular flexibility index (Phi) is 7.25. The van der Waals surface area contributed by atoms with E-state index in [0.717, 1.165) is 31.4 Å². The molecular formula is C22H24F2N2O5S. The average Bonchev–Trinajstić information content (AvgIpc) is 2.76. The predicted molar refractivity (Wildman–Crippen MR) is 114 cm³/mol. The molecule has 172 valence electrons. The van der Waals surface area contributed by atoms with E-state index in [2.05, 4.69) is 5.32 Å². The number of rotatable bonds is 6. The monoisotopic (exact) mass is 466 g/mol. The molecule has 1 aliphatic heterocycles. The number of carbonyl (C=O) groups excluding carboxylic acids is 2. The van der Waals surface area contributed by atoms with Crippen molar-refractivity contribution in [2.45, 2.75) is 44.1 Å². The summed E-state index contributed by atoms with van der Waals surface area (Å²) in [5.74, 6) is -3.49. The average molecular weight is 467 g/mol. The number of nitrogens with zero attached hydrogens (tertiary/aromatic N) is 1. The molecule has 7 nitrogen and oxygen atoms in total. The molecule has 1 unspecified atom stereocenters. The second kappa shape index (κ2) is 9.74. The Morgan fingerprint density at radius 2 is 1.75 bits per heavy atom. The maximum absolute atomic E-state index is 13.7. The van der Waals surface area contributed by atoms with Crippen molar-refractivity contribution in [2.24, 2.45) is 0 Å². The zero-order chi connectivity index (χ0) is 23.5. The molecule has 3 rings (SSSR count). The number of aryl methyl sites for hydroxylation is 1. The van der Waals surface area contributed by atoms with E-state index in [1.54, 1.807) is 6.92 Å². The molecule has 0 aromatic heterocycles. The van der Waals surface area contributed by atoms with Gasteiger partial charge in [-0.15, -0.1) is 0 Å². The van der Waals surface area contributed by atoms with Crippen LogP contribution in [0, 0.1) is 18.6 Å². The van der Waals surface area contributed by atoms with Crippen molar-refractivity contribution in [3.8, 4) is 0 Å². The summed E-state index contributed by atoms with van der Waals surface area (Å²) < 4.78 is 59.3. The summed E-state index contributed by atoms with van der Waals surface area (Å²) in [5, 5.41) is 2.22. The largest absolute Gasteiger partial charge is 0.449 e. The molecule has 0 bridgehead atoms. The number of anilines is 1. The number of benzene rings is 2. The maximum Gasteiger partial charge on any atom is 0.338 e. The number of hydrogen-bond acceptors (Lipinski definition) is 5. The fourth-order valence-electron chi connectivity index (χ4n) is 3.36. The Hall–Kier alpha value is -2.85. The molecule has 1 fully saturated rings. The van der Waals surface area contributed by atoms with Crippen LogP contribution in [0.3, 0.4) is 0 Å². The number of hydrogen-bond donors (Lipinski definition) is 1. The van der Waals surface area contributed by atoms with Crippen molar-refractivity contribution in [3.05, 3.63) is 59.2 Å². The van der Waals surface area contributed by atoms with Crippen molar-refractivity contribution in [1.29, 1.82) is 0 Å². The van der Waals surface area contributed by atoms with Crippen molar-refractivity contribution < 1.29 is 31.5 Å². The molecule has 2 aromatic rings. The summed E-state index contributed by atoms with van der Waals surface area (Å²) in [4.78, 5) is 24.8. The Balaban J connectivity index is 1.73. The molecule has 0 spiro atoms. The predicted octanol–water partition coefficient (Wildman–Crippen LogP) is 3.63. The Morgan fingerprint density at radius 3 is 2.41 bits per heavy atom. The summed E-state index contributed by atoms with van der Waals surface area (Å²) in [7, 11) is -3.77. The third-order valence-corrected chi connectivity index (χ3v) is 7.24. The minimum atomic E-state index is -3.77. The highest BCUT2D eigenvalue weighted by atomic mass is 32.2. The summed E-state index contributed by atoms with van der Waals surface area (Å²) in [6.07, 6.45) is 1.22. The molecule has 0 aliphatic carbocycles. The smallest absolute Gasteiger partial charge is 0.338 e. The van der Waals surface area contributed by atoms with E-state index < -0.39 is 39.6 Å². The van der Waals surface area contributed by atoms with Gasteiger partial charge >= 0.3 is 5.97 Å². The van der Waals surface area contributed by atoms with Gasteiger partial charge in [0.05, 0.1) is 16.1 Å². The van der Waals surface area contributed by atoms with E-state index in [-0.39, 0.29) is 16.1 Å². The van der Waals surface area contributed by atoms with E-state index in [1.165, 1.54) is 29.4 Å². The number of esters is 1. The van der Waals surface area contributed by atoms with Gasteiger partial charge in [-0.25, -0.2) is 22.0 Å². The molecule has 1 aliphatic rings. The minimum Gasteiger partial charge on any atom is -0.449 e. The van der Waals surface area contributed by atoms with Gasteiger partial charge in [-0.05, 0) is 56.5 Å². The molecule has 1 amide bonds. The third-order valence-electron chi connectivity index (χ3n) is 5.20. The van der Waals surface area contributed by atoms with Crippen LogP contribution in [0.1, 0.15) is 42.1 Å². The summed E-state index contributed by atoms with van der Waals surface area (Å²) in [6.45, 7) is 3.77. The van der Waals surface area contributed by atoms with E-state index in [4.69, 9.17) is 4.74 Å². The number of piperidine rings is 1. The highest BCUT2D eigenvalue weighted by Crippen LogP contribution is 2.25. The first-order chi connectivity index (χ1) is 15.1. The van der Waals surface area contributed by atoms with Crippen LogP contribution >= 0.6 is 0 Å². The van der Waals surface area contributed by atoms with Gasteiger partial charge in [0.15, 0.2) is 6.10 Å². The molecule has 1 heterocycles. The first-order valence-electron chi connectivity index (χ1n) is 10.2. The SMILES string of the molecule is Cc1ccc(C(=O)OC(C)C(=O)Nc2ccc(F)cc2F)cc1S(=O)(=O)N1CCCCC1. The van der Waals surface area contributed by atoms with Gasteiger partial charge < -0.3 is 10.1 Å². The summed E-state index contributed by atoms with van der Waals surface area (Å²) in [6, 6.07) is 6.80. The van der Waals surface area contributed by atoms with Crippen LogP contribution in [0.25, 0.3) is 0 Å². The van der Waals surface area contributed by atoms with Gasteiger partial charge in [0.1, 0.15) is 11.6 Å². The highest BCUT2D eigenvalue weighted by molar-refractivity contribution is 7.89. The fraction of sp³-hybridized carbons (Fsp3) is 0.364. The van der Waals surface area contributed by atoms with E-state index in [9.17, 15) is 26.8 Å². The number of halogens is 2. The number of nitrogens with one attached hydrogen (secondary N) is 1. The third kappa shape index (κ3) is 5.31. The second-order valence-electron chi connectivity index (χ2n) is 7.61. The van der Waals surface area contributed by atoms with E-state index in [0.29, 0.717) is 24.7 Å². The quantitative estimate of drug-likeness (QED) is 0.657. The molecule has 1 atom stereocenters. The lowest BCUT2D eigenvalue weighted by atomic mass is 10.1. The lowest BCUT2D eigenvalue weighted by Gasteiger charge is -2.26. The first kappa shape index (κ1) is 23.8. The molecule has 2 aromatic carbocycles. The van der Waals surface area contributed by atoms with Gasteiger partial charge in [0, 0.05) is 19.2 Å². The highest BCUT2D eigenvalue weighted by Gasteiger charge is 2.29. The van der Waals surface area contributed by atoms with Crippen molar-refractivity contribution in [2.75, 3.05) is 18.4 Å². The molecule has 1 N–H and O–H groups in total. The van der Waals surface area contributed by atoms with Crippen LogP contribution in [0.5, 0.6) is 0 Å². The van der Waals surface area contributed by atoms with Gasteiger partial charge in [-0.3, -0.25) is 4.79 Å². The molecular weight excluding hydrogens is 442 g/mol. The molecule has 1 saturated heterocycles. The zero-order valence-corrected chi connectivity index (χ0v) is 18.5. The van der Waals surface area contributed by atoms with Crippen LogP contribution in [0.4, 0.5) is 14.5 Å². The Labute approximate surface area is 185 Å². The van der Waals surface area contributed by atoms with Crippen molar-refractivity contribution in [1.82, 2.24) is 4.31 Å². The van der Waals surface area contributed by atoms with Crippen LogP contribution in [-0.2, 0) is 19.6 Å². The van der Waals surface area contributed by atoms with Gasteiger partial charge in [0.25, 0.3) is 5.91 Å². The number of amides is 1. The summed E-state index contributed by atoms with van der Waals surface area (Å²) in [5.41, 5.74) is 0.202. The van der Waals surface area contributed by atoms with E-state index >= 15 is 0 Å². The first-order valence-corrected chi connectivity index (χ1v) is 11.6. The number of ether oxygens (including phenoxy) is 1. The molecule has 32 heavy (non-hydrogen) atoms. The maximum atomic E-state index is 13.7. The molecule has 0 saturated carbocycles. The normalized spacial score (nSPS) is 15.8. The van der Waals surface area contributed by atoms with Crippen molar-refractivity contribution >= 4 is 27.6 Å². The standard InChI is InChI=1S/C22H24F2N2O5S/c1-14-6-7-16(12-20(14)32(29,30)26-10-4-3-5-11-26)22(28)31-15(2)21(27)25-19-9-8-17(23)13-18(19)24/h6-9,12-13,15H,3-5,10-11H2,1-2H3,(H,25,27). The van der Waals surface area contributed by atoms with E-state index in [1.807, 2.05) is 0 Å². The molecule has 10 heteroatoms. The fourth-order valence-corrected chi connectivity index (χ4v) is 5.12. The van der Waals surface area contributed by atoms with Crippen LogP contribution < -0.4 is 5.32 Å². The molecule has 0 radical (unpaired) electrons. The lowest BCUT2D eigenvalue weighted by molar-refractivity contribution is -0.123. The lowest BCUT2D eigenvalue weighted by Crippen LogP contribution is -2.36. The minimum absolute atomic E-state index is 0.0133.